The van der Waals surface area contributed by atoms with E-state index in [0.717, 1.165) is 12.8 Å². The number of aromatic nitrogens is 1. The molecule has 12 N–H and O–H groups in total. The van der Waals surface area contributed by atoms with E-state index in [9.17, 15) is 19.6 Å². The van der Waals surface area contributed by atoms with Crippen molar-refractivity contribution in [1.29, 1.82) is 0 Å². The lowest BCUT2D eigenvalue weighted by Gasteiger charge is -2.46. The molecule has 2 aliphatic rings. The summed E-state index contributed by atoms with van der Waals surface area (Å²) < 4.78 is 0. The molecule has 18 heteroatoms. The number of benzene rings is 2. The molecular formula is C34H49N10O8. The molecule has 2 aromatic carbocycles. The van der Waals surface area contributed by atoms with E-state index in [2.05, 4.69) is 20.5 Å². The average molecular weight is 726 g/mol. The van der Waals surface area contributed by atoms with Gasteiger partial charge < -0.3 is 37.9 Å². The summed E-state index contributed by atoms with van der Waals surface area (Å²) >= 11 is 0. The number of nitrogens with two attached hydrogens (primary N) is 3. The number of piperidine rings is 1. The molecule has 0 atom stereocenters. The van der Waals surface area contributed by atoms with Gasteiger partial charge in [0.15, 0.2) is 0 Å². The van der Waals surface area contributed by atoms with E-state index in [1.54, 1.807) is 79.2 Å². The maximum Gasteiger partial charge on any atom is 0.328 e. The number of anilines is 3. The summed E-state index contributed by atoms with van der Waals surface area (Å²) in [5, 5.41) is 57.0. The number of pyridine rings is 1. The van der Waals surface area contributed by atoms with Crippen molar-refractivity contribution in [2.24, 2.45) is 15.5 Å². The number of amides is 4. The number of hydroxylamine groups is 2. The lowest BCUT2D eigenvalue weighted by atomic mass is 9.82. The summed E-state index contributed by atoms with van der Waals surface area (Å²) in [6.07, 6.45) is 6.15. The van der Waals surface area contributed by atoms with Gasteiger partial charge in [0.05, 0.1) is 34.7 Å². The zero-order valence-electron chi connectivity index (χ0n) is 30.0. The number of aromatic hydroxyl groups is 1. The van der Waals surface area contributed by atoms with Gasteiger partial charge in [-0.1, -0.05) is 45.8 Å². The third-order valence-corrected chi connectivity index (χ3v) is 6.67. The van der Waals surface area contributed by atoms with Crippen LogP contribution < -0.4 is 27.8 Å². The van der Waals surface area contributed by atoms with Crippen molar-refractivity contribution in [1.82, 2.24) is 20.7 Å². The molecule has 0 bridgehead atoms. The number of nitrogens with one attached hydrogen (secondary N) is 2. The van der Waals surface area contributed by atoms with E-state index in [-0.39, 0.29) is 16.8 Å². The number of para-hydroxylation sites is 4. The maximum atomic E-state index is 11.7. The molecule has 5 rings (SSSR count). The molecule has 1 aromatic heterocycles. The quantitative estimate of drug-likeness (QED) is 0.0562. The zero-order valence-corrected chi connectivity index (χ0v) is 30.0. The minimum absolute atomic E-state index is 0.146. The first-order valence-corrected chi connectivity index (χ1v) is 15.6. The van der Waals surface area contributed by atoms with Crippen LogP contribution >= 0.6 is 0 Å². The van der Waals surface area contributed by atoms with Gasteiger partial charge in [-0.15, -0.1) is 10.3 Å². The van der Waals surface area contributed by atoms with Crippen LogP contribution in [0.1, 0.15) is 66.5 Å². The van der Waals surface area contributed by atoms with E-state index >= 15 is 0 Å². The van der Waals surface area contributed by atoms with Gasteiger partial charge in [-0.25, -0.2) is 4.79 Å². The molecule has 283 valence electrons. The Labute approximate surface area is 302 Å². The smallest absolute Gasteiger partial charge is 0.328 e. The molecule has 3 heterocycles. The van der Waals surface area contributed by atoms with Crippen LogP contribution in [0, 0.1) is 0 Å². The molecule has 4 amide bonds. The van der Waals surface area contributed by atoms with Crippen molar-refractivity contribution >= 4 is 52.5 Å². The first-order valence-electron chi connectivity index (χ1n) is 15.6. The second-order valence-corrected chi connectivity index (χ2v) is 12.2. The van der Waals surface area contributed by atoms with Crippen LogP contribution in [0.15, 0.2) is 88.4 Å². The van der Waals surface area contributed by atoms with Crippen LogP contribution in [-0.2, 0) is 14.8 Å². The van der Waals surface area contributed by atoms with Gasteiger partial charge in [-0.2, -0.15) is 0 Å². The number of urea groups is 1. The maximum absolute atomic E-state index is 11.7. The summed E-state index contributed by atoms with van der Waals surface area (Å²) in [7, 11) is 0. The van der Waals surface area contributed by atoms with Crippen LogP contribution in [-0.4, -0.2) is 77.3 Å². The highest BCUT2D eigenvalue weighted by Crippen LogP contribution is 2.36. The number of hydrogen-bond donors (Lipinski definition) is 9. The van der Waals surface area contributed by atoms with Crippen LogP contribution in [0.4, 0.5) is 21.9 Å². The Hall–Kier alpha value is -6.27. The highest BCUT2D eigenvalue weighted by atomic mass is 16.5. The number of carbonyl (C=O) groups is 3. The number of carbonyl (C=O) groups excluding carboxylic acids is 3. The molecule has 3 aromatic rings. The predicted octanol–water partition coefficient (Wildman–Crippen LogP) is 4.13. The number of nitrogens with zero attached hydrogens (tertiary/aromatic N) is 5. The largest absolute Gasteiger partial charge is 0.506 e. The average Bonchev–Trinajstić information content (AvgIpc) is 3.08. The molecule has 0 spiro atoms. The standard InChI is InChI=1S/C9H18NO.C6H6N2O.C6H8N2.C6H7NO.C4H3N3O4.C3H7NO/c1-8(2)6-5-7-9(3,4)10(8)11;9-8-5-6-3-1-2-4-7-6;2*7-5-3-1-2-4-6(5)8;8-2-1(7-11)3(9)6-4(10)5-2;1-3(2)4-5/h5-7H2,1-4H3;1-5,9H;1-4H,7-8H2;1-4,8H,7H2;11H,(H2,5,6,8,9,10);5H,1-2H3. The molecule has 0 aliphatic carbocycles. The van der Waals surface area contributed by atoms with Gasteiger partial charge in [0, 0.05) is 17.3 Å². The second kappa shape index (κ2) is 23.2. The van der Waals surface area contributed by atoms with Crippen LogP contribution in [0.5, 0.6) is 5.75 Å². The Morgan fingerprint density at radius 2 is 1.23 bits per heavy atom. The SMILES string of the molecule is CC(C)=NO.CC1(C)CCCC(C)(C)N1[O].Nc1ccccc1N.Nc1ccccc1O.O=C1NC(=O)C(=NO)C(=O)N1.ON=Cc1ccccn1. The number of barbiturate groups is 1. The minimum atomic E-state index is -1.01. The molecule has 2 aliphatic heterocycles. The molecule has 1 radical (unpaired) electrons. The first-order chi connectivity index (χ1) is 24.3. The third-order valence-electron chi connectivity index (χ3n) is 6.67. The Morgan fingerprint density at radius 1 is 0.788 bits per heavy atom. The number of imide groups is 2. The van der Waals surface area contributed by atoms with E-state index in [0.29, 0.717) is 28.5 Å². The summed E-state index contributed by atoms with van der Waals surface area (Å²) in [5.74, 6) is -1.88. The highest BCUT2D eigenvalue weighted by Gasteiger charge is 2.41. The number of hydrogen-bond acceptors (Lipinski definition) is 15. The van der Waals surface area contributed by atoms with Gasteiger partial charge in [-0.3, -0.25) is 25.2 Å². The summed E-state index contributed by atoms with van der Waals surface area (Å²) in [6.45, 7) is 11.6. The molecule has 52 heavy (non-hydrogen) atoms. The number of rotatable bonds is 1. The Kier molecular flexibility index (Phi) is 20.4. The van der Waals surface area contributed by atoms with E-state index < -0.39 is 23.6 Å². The normalized spacial score (nSPS) is 15.3. The first kappa shape index (κ1) is 45.7. The van der Waals surface area contributed by atoms with Gasteiger partial charge in [-0.05, 0) is 97.2 Å². The summed E-state index contributed by atoms with van der Waals surface area (Å²) in [5.41, 5.74) is 18.1. The highest BCUT2D eigenvalue weighted by molar-refractivity contribution is 6.68. The minimum Gasteiger partial charge on any atom is -0.506 e. The molecule has 18 nitrogen and oxygen atoms in total. The van der Waals surface area contributed by atoms with Crippen molar-refractivity contribution in [3.63, 3.8) is 0 Å². The third kappa shape index (κ3) is 17.9. The van der Waals surface area contributed by atoms with Crippen molar-refractivity contribution in [3.05, 3.63) is 78.6 Å². The van der Waals surface area contributed by atoms with Crippen LogP contribution in [0.2, 0.25) is 0 Å². The lowest BCUT2D eigenvalue weighted by molar-refractivity contribution is -0.286. The summed E-state index contributed by atoms with van der Waals surface area (Å²) in [4.78, 5) is 35.3. The molecule has 0 unspecified atom stereocenters. The summed E-state index contributed by atoms with van der Waals surface area (Å²) in [6, 6.07) is 18.4. The van der Waals surface area contributed by atoms with Gasteiger partial charge in [0.1, 0.15) is 5.75 Å². The van der Waals surface area contributed by atoms with Gasteiger partial charge in [0.2, 0.25) is 5.71 Å². The number of oxime groups is 3. The Bertz CT molecular complexity index is 1520. The van der Waals surface area contributed by atoms with Crippen molar-refractivity contribution in [3.8, 4) is 5.75 Å². The van der Waals surface area contributed by atoms with Gasteiger partial charge in [0.25, 0.3) is 11.8 Å². The van der Waals surface area contributed by atoms with Crippen LogP contribution in [0.25, 0.3) is 0 Å². The number of phenols is 1. The fourth-order valence-electron chi connectivity index (χ4n) is 4.04. The fraction of sp³-hybridized carbons (Fsp3) is 0.324. The van der Waals surface area contributed by atoms with Crippen molar-refractivity contribution in [2.45, 2.75) is 71.9 Å². The van der Waals surface area contributed by atoms with E-state index in [1.165, 1.54) is 17.7 Å². The van der Waals surface area contributed by atoms with Gasteiger partial charge >= 0.3 is 6.03 Å². The Morgan fingerprint density at radius 3 is 1.54 bits per heavy atom. The monoisotopic (exact) mass is 725 g/mol. The Balaban J connectivity index is 0.000000609. The number of nitrogen functional groups attached to an aromatic ring is 3. The molecular weight excluding hydrogens is 676 g/mol. The lowest BCUT2D eigenvalue weighted by Crippen LogP contribution is -2.56. The van der Waals surface area contributed by atoms with Crippen molar-refractivity contribution in [2.75, 3.05) is 17.2 Å². The topological polar surface area (TPSA) is 307 Å². The van der Waals surface area contributed by atoms with E-state index in [1.807, 2.05) is 45.9 Å². The predicted molar refractivity (Wildman–Crippen MR) is 197 cm³/mol. The fourth-order valence-corrected chi connectivity index (χ4v) is 4.04. The van der Waals surface area contributed by atoms with Crippen LogP contribution in [0.3, 0.4) is 0 Å². The van der Waals surface area contributed by atoms with E-state index in [4.69, 9.17) is 37.9 Å². The van der Waals surface area contributed by atoms with Crippen molar-refractivity contribution < 1.29 is 40.3 Å². The zero-order chi connectivity index (χ0) is 39.9. The number of phenolic OH excluding ortho intramolecular Hbond substituents is 1. The molecule has 2 fully saturated rings. The molecule has 2 saturated heterocycles. The molecule has 0 saturated carbocycles. The second-order valence-electron chi connectivity index (χ2n) is 12.2.